The molecule has 0 bridgehead atoms. The normalized spacial score (nSPS) is 9.67. The molecule has 0 aliphatic carbocycles. The van der Waals surface area contributed by atoms with Crippen LogP contribution in [0.4, 0.5) is 0 Å². The van der Waals surface area contributed by atoms with Gasteiger partial charge in [-0.25, -0.2) is 0 Å². The van der Waals surface area contributed by atoms with E-state index in [-0.39, 0.29) is 0 Å². The molecule has 0 atom stereocenters. The van der Waals surface area contributed by atoms with Crippen LogP contribution in [-0.2, 0) is 0 Å². The summed E-state index contributed by atoms with van der Waals surface area (Å²) in [6.07, 6.45) is 0. The van der Waals surface area contributed by atoms with Gasteiger partial charge in [-0.15, -0.1) is 0 Å². The van der Waals surface area contributed by atoms with Crippen LogP contribution in [0.5, 0.6) is 0 Å². The van der Waals surface area contributed by atoms with Gasteiger partial charge < -0.3 is 0 Å². The summed E-state index contributed by atoms with van der Waals surface area (Å²) in [7, 11) is 0. The molecule has 0 saturated heterocycles. The van der Waals surface area contributed by atoms with Gasteiger partial charge in [-0.05, 0) is 0 Å². The second kappa shape index (κ2) is 3.14. The number of rotatable bonds is 0. The Bertz CT molecular complexity index is 200. The summed E-state index contributed by atoms with van der Waals surface area (Å²) in [4.78, 5) is 0. The van der Waals surface area contributed by atoms with Crippen molar-refractivity contribution in [3.05, 3.63) is 28.2 Å². The molecule has 0 aromatic heterocycles. The van der Waals surface area contributed by atoms with E-state index in [0.29, 0.717) is 0 Å². The van der Waals surface area contributed by atoms with Gasteiger partial charge in [0.25, 0.3) is 0 Å². The fraction of sp³-hybridized carbons (Fsp3) is 0.143. The second-order valence-electron chi connectivity index (χ2n) is 1.94. The molecule has 0 spiro atoms. The van der Waals surface area contributed by atoms with Crippen molar-refractivity contribution in [2.24, 2.45) is 0 Å². The molecule has 0 saturated carbocycles. The maximum absolute atomic E-state index is 3.51. The van der Waals surface area contributed by atoms with Crippen molar-refractivity contribution < 1.29 is 0 Å². The van der Waals surface area contributed by atoms with Crippen LogP contribution in [-0.4, -0.2) is 25.8 Å². The summed E-state index contributed by atoms with van der Waals surface area (Å²) >= 11 is 4.64. The zero-order valence-electron chi connectivity index (χ0n) is 5.11. The van der Waals surface area contributed by atoms with E-state index in [4.69, 9.17) is 0 Å². The summed E-state index contributed by atoms with van der Waals surface area (Å²) in [6, 6.07) is 6.37. The molecule has 2 heteroatoms. The summed E-state index contributed by atoms with van der Waals surface area (Å²) in [5, 5.41) is 0. The van der Waals surface area contributed by atoms with Crippen molar-refractivity contribution in [1.82, 2.24) is 0 Å². The molecule has 0 unspecified atom stereocenters. The fourth-order valence-electron chi connectivity index (χ4n) is 0.647. The molecule has 0 aliphatic heterocycles. The molecule has 0 amide bonds. The third kappa shape index (κ3) is 1.77. The van der Waals surface area contributed by atoms with Gasteiger partial charge in [0.15, 0.2) is 0 Å². The average Bonchev–Trinajstić information content (AvgIpc) is 1.83. The van der Waals surface area contributed by atoms with Gasteiger partial charge in [-0.2, -0.15) is 0 Å². The minimum absolute atomic E-state index is 1.13. The molecule has 0 heterocycles. The SMILES string of the molecule is Cc1ccc[c]([Pb])c1Br. The van der Waals surface area contributed by atoms with E-state index in [0.717, 1.165) is 25.8 Å². The molecule has 0 nitrogen and oxygen atoms in total. The van der Waals surface area contributed by atoms with Gasteiger partial charge in [0.1, 0.15) is 0 Å². The van der Waals surface area contributed by atoms with Crippen LogP contribution in [0.2, 0.25) is 0 Å². The van der Waals surface area contributed by atoms with Gasteiger partial charge in [0.2, 0.25) is 0 Å². The number of hydrogen-bond donors (Lipinski definition) is 0. The Labute approximate surface area is 79.5 Å². The molecule has 0 N–H and O–H groups in total. The fourth-order valence-corrected chi connectivity index (χ4v) is 2.05. The molecule has 0 aliphatic rings. The number of hydrogen-bond acceptors (Lipinski definition) is 0. The molecular formula is C7H6BrPb. The molecule has 0 fully saturated rings. The first-order chi connectivity index (χ1) is 4.22. The molecule has 1 aromatic rings. The van der Waals surface area contributed by atoms with E-state index in [1.54, 1.807) is 0 Å². The molecule has 1 rings (SSSR count). The van der Waals surface area contributed by atoms with Crippen LogP contribution in [0, 0.1) is 6.92 Å². The summed E-state index contributed by atoms with van der Waals surface area (Å²) in [5.41, 5.74) is 1.34. The molecular weight excluding hydrogens is 371 g/mol. The third-order valence-electron chi connectivity index (χ3n) is 1.19. The summed E-state index contributed by atoms with van der Waals surface area (Å²) in [5.74, 6) is 0. The quantitative estimate of drug-likeness (QED) is 0.602. The first kappa shape index (κ1) is 7.73. The monoisotopic (exact) mass is 377 g/mol. The van der Waals surface area contributed by atoms with Crippen LogP contribution in [0.1, 0.15) is 5.56 Å². The predicted octanol–water partition coefficient (Wildman–Crippen LogP) is 1.55. The third-order valence-corrected chi connectivity index (χ3v) is 5.29. The topological polar surface area (TPSA) is 0 Å². The van der Waals surface area contributed by atoms with Crippen molar-refractivity contribution in [3.8, 4) is 0 Å². The molecule has 3 radical (unpaired) electrons. The molecule has 45 valence electrons. The van der Waals surface area contributed by atoms with Gasteiger partial charge in [0, 0.05) is 0 Å². The number of aryl methyl sites for hydroxylation is 1. The van der Waals surface area contributed by atoms with Crippen LogP contribution in [0.15, 0.2) is 22.7 Å². The molecule has 9 heavy (non-hydrogen) atoms. The van der Waals surface area contributed by atoms with E-state index in [9.17, 15) is 0 Å². The standard InChI is InChI=1S/C7H6Br.Pb/c1-6-4-2-3-5-7(6)8;/h2-4H,1H3;. The van der Waals surface area contributed by atoms with Crippen LogP contribution in [0.3, 0.4) is 0 Å². The van der Waals surface area contributed by atoms with Gasteiger partial charge in [0.05, 0.1) is 0 Å². The Balaban J connectivity index is 3.25. The second-order valence-corrected chi connectivity index (χ2v) is 4.82. The zero-order chi connectivity index (χ0) is 6.85. The Morgan fingerprint density at radius 2 is 2.11 bits per heavy atom. The average molecular weight is 377 g/mol. The van der Waals surface area contributed by atoms with E-state index in [1.165, 1.54) is 13.2 Å². The maximum atomic E-state index is 3.51. The van der Waals surface area contributed by atoms with Gasteiger partial charge in [-0.3, -0.25) is 0 Å². The zero-order valence-corrected chi connectivity index (χ0v) is 10.6. The van der Waals surface area contributed by atoms with Crippen molar-refractivity contribution in [2.45, 2.75) is 6.92 Å². The van der Waals surface area contributed by atoms with Crippen molar-refractivity contribution in [1.29, 1.82) is 0 Å². The van der Waals surface area contributed by atoms with Crippen molar-refractivity contribution >= 4 is 44.8 Å². The minimum atomic E-state index is 1.13. The predicted molar refractivity (Wildman–Crippen MR) is 44.3 cm³/mol. The van der Waals surface area contributed by atoms with E-state index >= 15 is 0 Å². The first-order valence-electron chi connectivity index (χ1n) is 2.68. The van der Waals surface area contributed by atoms with E-state index in [1.807, 2.05) is 0 Å². The Morgan fingerprint density at radius 3 is 2.56 bits per heavy atom. The van der Waals surface area contributed by atoms with Crippen molar-refractivity contribution in [3.63, 3.8) is 0 Å². The summed E-state index contributed by atoms with van der Waals surface area (Å²) in [6.45, 7) is 2.12. The Kier molecular flexibility index (Phi) is 2.70. The Hall–Kier alpha value is 0.622. The summed E-state index contributed by atoms with van der Waals surface area (Å²) < 4.78 is 2.73. The number of benzene rings is 1. The Morgan fingerprint density at radius 1 is 1.44 bits per heavy atom. The first-order valence-corrected chi connectivity index (χ1v) is 5.42. The van der Waals surface area contributed by atoms with Crippen LogP contribution in [0.25, 0.3) is 0 Å². The van der Waals surface area contributed by atoms with E-state index < -0.39 is 0 Å². The van der Waals surface area contributed by atoms with E-state index in [2.05, 4.69) is 41.1 Å². The van der Waals surface area contributed by atoms with Gasteiger partial charge in [-0.1, -0.05) is 0 Å². The molecule has 1 aromatic carbocycles. The van der Waals surface area contributed by atoms with Crippen molar-refractivity contribution in [2.75, 3.05) is 0 Å². The van der Waals surface area contributed by atoms with Gasteiger partial charge >= 0.3 is 80.0 Å². The number of halogens is 1. The van der Waals surface area contributed by atoms with Crippen LogP contribution < -0.4 is 3.12 Å². The van der Waals surface area contributed by atoms with Crippen LogP contribution >= 0.6 is 15.9 Å².